The minimum atomic E-state index is 0.406. The van der Waals surface area contributed by atoms with Crippen LogP contribution in [0, 0.1) is 11.3 Å². The van der Waals surface area contributed by atoms with Gasteiger partial charge in [-0.2, -0.15) is 5.26 Å². The number of aromatic nitrogens is 6. The fraction of sp³-hybridized carbons (Fsp3) is 0.152. The fourth-order valence-corrected chi connectivity index (χ4v) is 5.43. The van der Waals surface area contributed by atoms with Gasteiger partial charge in [0, 0.05) is 62.6 Å². The quantitative estimate of drug-likeness (QED) is 0.306. The highest BCUT2D eigenvalue weighted by molar-refractivity contribution is 5.84. The van der Waals surface area contributed by atoms with E-state index in [4.69, 9.17) is 15.7 Å². The molecule has 7 rings (SSSR count). The number of imidazole rings is 1. The predicted molar refractivity (Wildman–Crippen MR) is 166 cm³/mol. The Bertz CT molecular complexity index is 1920. The maximum absolute atomic E-state index is 9.20. The molecule has 1 fully saturated rings. The average molecular weight is 565 g/mol. The first-order valence-electron chi connectivity index (χ1n) is 14.1. The maximum atomic E-state index is 9.20. The van der Waals surface area contributed by atoms with Crippen LogP contribution in [0.2, 0.25) is 0 Å². The molecule has 5 heterocycles. The summed E-state index contributed by atoms with van der Waals surface area (Å²) in [6.07, 6.45) is 5.25. The Hall–Kier alpha value is -5.66. The molecule has 210 valence electrons. The van der Waals surface area contributed by atoms with Crippen LogP contribution in [0.15, 0.2) is 97.5 Å². The van der Waals surface area contributed by atoms with Crippen LogP contribution in [0.25, 0.3) is 39.5 Å². The molecule has 4 aromatic heterocycles. The molecule has 0 bridgehead atoms. The van der Waals surface area contributed by atoms with Crippen LogP contribution in [0.5, 0.6) is 0 Å². The van der Waals surface area contributed by atoms with Crippen LogP contribution < -0.4 is 10.6 Å². The molecule has 6 aromatic rings. The van der Waals surface area contributed by atoms with Crippen molar-refractivity contribution >= 4 is 22.9 Å². The number of pyridine rings is 2. The zero-order valence-corrected chi connectivity index (χ0v) is 23.4. The predicted octanol–water partition coefficient (Wildman–Crippen LogP) is 4.72. The van der Waals surface area contributed by atoms with E-state index in [9.17, 15) is 5.26 Å². The number of piperazine rings is 1. The molecule has 1 aliphatic heterocycles. The molecule has 10 heteroatoms. The van der Waals surface area contributed by atoms with Gasteiger partial charge in [0.1, 0.15) is 11.3 Å². The lowest BCUT2D eigenvalue weighted by Crippen LogP contribution is -2.46. The van der Waals surface area contributed by atoms with E-state index < -0.39 is 0 Å². The highest BCUT2D eigenvalue weighted by Gasteiger charge is 2.21. The zero-order chi connectivity index (χ0) is 29.2. The highest BCUT2D eigenvalue weighted by Crippen LogP contribution is 2.32. The lowest BCUT2D eigenvalue weighted by molar-refractivity contribution is 0.248. The lowest BCUT2D eigenvalue weighted by atomic mass is 10.1. The van der Waals surface area contributed by atoms with E-state index in [1.54, 1.807) is 30.7 Å². The van der Waals surface area contributed by atoms with E-state index in [0.29, 0.717) is 22.9 Å². The van der Waals surface area contributed by atoms with Gasteiger partial charge in [-0.3, -0.25) is 9.47 Å². The van der Waals surface area contributed by atoms with Crippen LogP contribution in [0.3, 0.4) is 0 Å². The first-order valence-corrected chi connectivity index (χ1v) is 14.1. The number of nitrogen functional groups attached to an aromatic ring is 1. The van der Waals surface area contributed by atoms with Crippen LogP contribution >= 0.6 is 0 Å². The van der Waals surface area contributed by atoms with Gasteiger partial charge in [-0.25, -0.2) is 24.9 Å². The fourth-order valence-electron chi connectivity index (χ4n) is 5.43. The number of nitrogens with two attached hydrogens (primary N) is 1. The summed E-state index contributed by atoms with van der Waals surface area (Å²) in [5.41, 5.74) is 13.0. The van der Waals surface area contributed by atoms with Gasteiger partial charge in [-0.1, -0.05) is 24.3 Å². The van der Waals surface area contributed by atoms with Crippen LogP contribution in [-0.2, 0) is 6.54 Å². The Labute approximate surface area is 248 Å². The van der Waals surface area contributed by atoms with E-state index in [-0.39, 0.29) is 0 Å². The van der Waals surface area contributed by atoms with Crippen molar-refractivity contribution in [2.45, 2.75) is 6.54 Å². The first kappa shape index (κ1) is 26.3. The second-order valence-corrected chi connectivity index (χ2v) is 10.4. The Morgan fingerprint density at radius 2 is 1.51 bits per heavy atom. The normalized spacial score (nSPS) is 13.7. The van der Waals surface area contributed by atoms with Gasteiger partial charge in [-0.05, 0) is 60.2 Å². The van der Waals surface area contributed by atoms with Crippen molar-refractivity contribution in [3.63, 3.8) is 0 Å². The Morgan fingerprint density at radius 1 is 0.767 bits per heavy atom. The van der Waals surface area contributed by atoms with Gasteiger partial charge in [0.05, 0.1) is 22.9 Å². The SMILES string of the molecule is N#Cc1ccc(-c2ccc3nc(-c4cccnc4N)n(-c4ccc(CN5CCN(c6ncccn6)CC5)cc4)c3n2)cc1. The molecule has 2 N–H and O–H groups in total. The van der Waals surface area contributed by atoms with E-state index >= 15 is 0 Å². The molecule has 1 aliphatic rings. The van der Waals surface area contributed by atoms with Crippen molar-refractivity contribution in [3.05, 3.63) is 109 Å². The third kappa shape index (κ3) is 5.25. The molecule has 2 aromatic carbocycles. The number of hydrogen-bond acceptors (Lipinski definition) is 9. The van der Waals surface area contributed by atoms with E-state index in [2.05, 4.69) is 55.1 Å². The average Bonchev–Trinajstić information content (AvgIpc) is 3.45. The molecule has 0 unspecified atom stereocenters. The highest BCUT2D eigenvalue weighted by atomic mass is 15.3. The van der Waals surface area contributed by atoms with Crippen LogP contribution in [-0.4, -0.2) is 60.6 Å². The third-order valence-corrected chi connectivity index (χ3v) is 7.70. The van der Waals surface area contributed by atoms with Gasteiger partial charge >= 0.3 is 0 Å². The van der Waals surface area contributed by atoms with Crippen molar-refractivity contribution in [1.82, 2.24) is 34.4 Å². The number of nitriles is 1. The number of benzene rings is 2. The van der Waals surface area contributed by atoms with Crippen LogP contribution in [0.4, 0.5) is 11.8 Å². The largest absolute Gasteiger partial charge is 0.383 e. The molecule has 1 saturated heterocycles. The van der Waals surface area contributed by atoms with Crippen LogP contribution in [0.1, 0.15) is 11.1 Å². The summed E-state index contributed by atoms with van der Waals surface area (Å²) in [5.74, 6) is 1.88. The minimum absolute atomic E-state index is 0.406. The first-order chi connectivity index (χ1) is 21.2. The number of hydrogen-bond donors (Lipinski definition) is 1. The van der Waals surface area contributed by atoms with Crippen molar-refractivity contribution in [1.29, 1.82) is 5.26 Å². The van der Waals surface area contributed by atoms with Crippen molar-refractivity contribution < 1.29 is 0 Å². The number of rotatable bonds is 6. The van der Waals surface area contributed by atoms with Crippen molar-refractivity contribution in [3.8, 4) is 34.4 Å². The Balaban J connectivity index is 1.20. The van der Waals surface area contributed by atoms with E-state index in [1.807, 2.05) is 47.0 Å². The van der Waals surface area contributed by atoms with Crippen molar-refractivity contribution in [2.24, 2.45) is 0 Å². The maximum Gasteiger partial charge on any atom is 0.225 e. The number of nitrogens with zero attached hydrogens (tertiary/aromatic N) is 9. The second kappa shape index (κ2) is 11.3. The summed E-state index contributed by atoms with van der Waals surface area (Å²) in [6.45, 7) is 4.54. The number of anilines is 2. The topological polar surface area (TPSA) is 126 Å². The molecule has 0 radical (unpaired) electrons. The molecule has 0 saturated carbocycles. The molecular formula is C33H28N10. The van der Waals surface area contributed by atoms with E-state index in [1.165, 1.54) is 5.56 Å². The Kier molecular flexibility index (Phi) is 6.91. The molecule has 10 nitrogen and oxygen atoms in total. The third-order valence-electron chi connectivity index (χ3n) is 7.70. The summed E-state index contributed by atoms with van der Waals surface area (Å²) in [4.78, 5) is 27.8. The monoisotopic (exact) mass is 564 g/mol. The zero-order valence-electron chi connectivity index (χ0n) is 23.4. The standard InChI is InChI=1S/C33H28N10/c34-21-23-4-8-25(9-5-23)28-12-13-29-32(39-28)43(31(40-29)27-3-1-14-36-30(27)35)26-10-6-24(7-11-26)22-41-17-19-42(20-18-41)33-37-15-2-16-38-33/h1-16H,17-20,22H2,(H2,35,36). The lowest BCUT2D eigenvalue weighted by Gasteiger charge is -2.34. The summed E-state index contributed by atoms with van der Waals surface area (Å²) in [6, 6.07) is 27.7. The molecule has 0 aliphatic carbocycles. The molecule has 0 atom stereocenters. The molecular weight excluding hydrogens is 536 g/mol. The van der Waals surface area contributed by atoms with E-state index in [0.717, 1.165) is 66.7 Å². The smallest absolute Gasteiger partial charge is 0.225 e. The van der Waals surface area contributed by atoms with Gasteiger partial charge in [0.2, 0.25) is 5.95 Å². The molecule has 0 amide bonds. The van der Waals surface area contributed by atoms with Gasteiger partial charge < -0.3 is 10.6 Å². The minimum Gasteiger partial charge on any atom is -0.383 e. The summed E-state index contributed by atoms with van der Waals surface area (Å²) < 4.78 is 2.04. The molecule has 43 heavy (non-hydrogen) atoms. The van der Waals surface area contributed by atoms with Crippen molar-refractivity contribution in [2.75, 3.05) is 36.8 Å². The number of fused-ring (bicyclic) bond motifs is 1. The van der Waals surface area contributed by atoms with Gasteiger partial charge in [0.15, 0.2) is 11.5 Å². The molecule has 0 spiro atoms. The summed E-state index contributed by atoms with van der Waals surface area (Å²) >= 11 is 0. The summed E-state index contributed by atoms with van der Waals surface area (Å²) in [5, 5.41) is 9.20. The van der Waals surface area contributed by atoms with Gasteiger partial charge in [0.25, 0.3) is 0 Å². The second-order valence-electron chi connectivity index (χ2n) is 10.4. The Morgan fingerprint density at radius 3 is 2.23 bits per heavy atom. The summed E-state index contributed by atoms with van der Waals surface area (Å²) in [7, 11) is 0. The van der Waals surface area contributed by atoms with Gasteiger partial charge in [-0.15, -0.1) is 0 Å².